The number of nitrogen functional groups attached to an aromatic ring is 1. The van der Waals surface area contributed by atoms with Gasteiger partial charge in [-0.25, -0.2) is 19.7 Å². The molecule has 3 heterocycles. The first-order chi connectivity index (χ1) is 24.0. The maximum atomic E-state index is 12.9. The van der Waals surface area contributed by atoms with Gasteiger partial charge in [-0.1, -0.05) is 79.7 Å². The predicted molar refractivity (Wildman–Crippen MR) is 188 cm³/mol. The lowest BCUT2D eigenvalue weighted by Gasteiger charge is -2.22. The summed E-state index contributed by atoms with van der Waals surface area (Å²) in [5.74, 6) is 1.58. The van der Waals surface area contributed by atoms with Gasteiger partial charge in [-0.05, 0) is 48.4 Å². The number of anilines is 2. The molecule has 4 N–H and O–H groups in total. The van der Waals surface area contributed by atoms with Crippen LogP contribution in [0.5, 0.6) is 5.75 Å². The minimum Gasteiger partial charge on any atom is -0.493 e. The van der Waals surface area contributed by atoms with Crippen molar-refractivity contribution in [3.8, 4) is 16.9 Å². The maximum Gasteiger partial charge on any atom is 0.410 e. The van der Waals surface area contributed by atoms with Crippen molar-refractivity contribution in [2.45, 2.75) is 58.1 Å². The number of imidazole rings is 1. The molecule has 256 valence electrons. The Hall–Kier alpha value is -5.20. The van der Waals surface area contributed by atoms with Crippen LogP contribution in [-0.2, 0) is 22.6 Å². The van der Waals surface area contributed by atoms with E-state index >= 15 is 0 Å². The molecule has 0 bridgehead atoms. The zero-order valence-corrected chi connectivity index (χ0v) is 27.7. The van der Waals surface area contributed by atoms with Crippen LogP contribution in [-0.4, -0.2) is 68.0 Å². The third-order valence-corrected chi connectivity index (χ3v) is 8.45. The number of carbonyl (C=O) groups excluding carboxylic acids is 1. The number of aromatic nitrogens is 4. The fraction of sp³-hybridized carbons (Fsp3) is 0.351. The lowest BCUT2D eigenvalue weighted by molar-refractivity contribution is -0.0197. The molecule has 2 aromatic heterocycles. The van der Waals surface area contributed by atoms with Gasteiger partial charge in [0.05, 0.1) is 19.3 Å². The molecule has 12 nitrogen and oxygen atoms in total. The van der Waals surface area contributed by atoms with Crippen LogP contribution in [0, 0.1) is 0 Å². The molecule has 0 saturated carbocycles. The fourth-order valence-electron chi connectivity index (χ4n) is 5.98. The molecule has 2 atom stereocenters. The SMILES string of the molecule is CCCN(CCCOc1cc(CNc2nc3c(N)ncnc3n2[C@H]2CC[C@@H](CO)O2)ccc1-c1ccccc1)C(=O)OCc1ccccc1. The van der Waals surface area contributed by atoms with Crippen molar-refractivity contribution in [2.24, 2.45) is 0 Å². The third-order valence-electron chi connectivity index (χ3n) is 8.45. The van der Waals surface area contributed by atoms with Crippen LogP contribution in [0.1, 0.15) is 50.0 Å². The second kappa shape index (κ2) is 16.3. The number of nitrogens with one attached hydrogen (secondary N) is 1. The number of amides is 1. The number of carbonyl (C=O) groups is 1. The first-order valence-electron chi connectivity index (χ1n) is 16.8. The van der Waals surface area contributed by atoms with Crippen LogP contribution in [0.2, 0.25) is 0 Å². The van der Waals surface area contributed by atoms with E-state index in [0.717, 1.165) is 40.8 Å². The van der Waals surface area contributed by atoms with Gasteiger partial charge < -0.3 is 35.3 Å². The Morgan fingerprint density at radius 3 is 2.59 bits per heavy atom. The summed E-state index contributed by atoms with van der Waals surface area (Å²) in [6.45, 7) is 4.23. The van der Waals surface area contributed by atoms with Crippen LogP contribution in [0.25, 0.3) is 22.3 Å². The van der Waals surface area contributed by atoms with Gasteiger partial charge in [0.2, 0.25) is 5.95 Å². The van der Waals surface area contributed by atoms with Crippen LogP contribution in [0.4, 0.5) is 16.6 Å². The molecule has 5 aromatic rings. The molecule has 3 aromatic carbocycles. The van der Waals surface area contributed by atoms with Gasteiger partial charge in [0.25, 0.3) is 0 Å². The van der Waals surface area contributed by atoms with E-state index in [1.165, 1.54) is 6.33 Å². The molecule has 12 heteroatoms. The summed E-state index contributed by atoms with van der Waals surface area (Å²) in [6, 6.07) is 25.9. The number of aliphatic hydroxyl groups is 1. The lowest BCUT2D eigenvalue weighted by Crippen LogP contribution is -2.33. The number of benzene rings is 3. The van der Waals surface area contributed by atoms with E-state index in [0.29, 0.717) is 56.2 Å². The summed E-state index contributed by atoms with van der Waals surface area (Å²) in [5, 5.41) is 13.1. The highest BCUT2D eigenvalue weighted by molar-refractivity contribution is 5.84. The number of nitrogens with two attached hydrogens (primary N) is 1. The van der Waals surface area contributed by atoms with Crippen molar-refractivity contribution in [3.05, 3.63) is 96.3 Å². The van der Waals surface area contributed by atoms with Gasteiger partial charge in [-0.3, -0.25) is 4.57 Å². The number of fused-ring (bicyclic) bond motifs is 1. The zero-order valence-electron chi connectivity index (χ0n) is 27.7. The first kappa shape index (κ1) is 33.7. The number of hydrogen-bond donors (Lipinski definition) is 3. The van der Waals surface area contributed by atoms with Crippen LogP contribution >= 0.6 is 0 Å². The maximum absolute atomic E-state index is 12.9. The first-order valence-corrected chi connectivity index (χ1v) is 16.8. The van der Waals surface area contributed by atoms with Crippen molar-refractivity contribution in [3.63, 3.8) is 0 Å². The Bertz CT molecular complexity index is 1820. The highest BCUT2D eigenvalue weighted by Gasteiger charge is 2.30. The van der Waals surface area contributed by atoms with Gasteiger partial charge in [0, 0.05) is 25.2 Å². The number of rotatable bonds is 15. The van der Waals surface area contributed by atoms with Gasteiger partial charge in [0.1, 0.15) is 24.9 Å². The quantitative estimate of drug-likeness (QED) is 0.111. The van der Waals surface area contributed by atoms with E-state index in [2.05, 4.69) is 39.6 Å². The van der Waals surface area contributed by atoms with Crippen molar-refractivity contribution < 1.29 is 24.1 Å². The van der Waals surface area contributed by atoms with Crippen LogP contribution < -0.4 is 15.8 Å². The van der Waals surface area contributed by atoms with Gasteiger partial charge >= 0.3 is 6.09 Å². The average molecular weight is 666 g/mol. The van der Waals surface area contributed by atoms with Crippen molar-refractivity contribution in [1.29, 1.82) is 0 Å². The third kappa shape index (κ3) is 8.27. The second-order valence-electron chi connectivity index (χ2n) is 12.0. The second-order valence-corrected chi connectivity index (χ2v) is 12.0. The Morgan fingerprint density at radius 1 is 1.04 bits per heavy atom. The molecule has 6 rings (SSSR count). The number of ether oxygens (including phenoxy) is 3. The summed E-state index contributed by atoms with van der Waals surface area (Å²) >= 11 is 0. The Morgan fingerprint density at radius 2 is 1.84 bits per heavy atom. The Labute approximate surface area is 285 Å². The minimum atomic E-state index is -0.346. The van der Waals surface area contributed by atoms with E-state index < -0.39 is 0 Å². The molecule has 1 fully saturated rings. The van der Waals surface area contributed by atoms with Crippen LogP contribution in [0.15, 0.2) is 85.2 Å². The monoisotopic (exact) mass is 665 g/mol. The molecule has 1 aliphatic rings. The fourth-order valence-corrected chi connectivity index (χ4v) is 5.98. The lowest BCUT2D eigenvalue weighted by atomic mass is 10.0. The average Bonchev–Trinajstić information content (AvgIpc) is 3.77. The predicted octanol–water partition coefficient (Wildman–Crippen LogP) is 6.18. The topological polar surface area (TPSA) is 150 Å². The summed E-state index contributed by atoms with van der Waals surface area (Å²) in [7, 11) is 0. The molecule has 0 spiro atoms. The summed E-state index contributed by atoms with van der Waals surface area (Å²) in [5.41, 5.74) is 11.2. The molecule has 0 unspecified atom stereocenters. The molecule has 49 heavy (non-hydrogen) atoms. The highest BCUT2D eigenvalue weighted by Crippen LogP contribution is 2.35. The standard InChI is InChI=1S/C37H43N7O5/c1-2-18-43(37(46)48-24-26-10-5-3-6-11-26)19-9-20-47-31-21-27(14-16-30(31)28-12-7-4-8-13-28)22-39-36-42-33-34(38)40-25-41-35(33)44(36)32-17-15-29(23-45)49-32/h3-8,10-14,16,21,25,29,32,45H,2,9,15,17-20,22-24H2,1H3,(H,39,42)(H2,38,40,41)/t29-,32+/m0/s1. The molecular formula is C37H43N7O5. The van der Waals surface area contributed by atoms with E-state index in [4.69, 9.17) is 24.9 Å². The van der Waals surface area contributed by atoms with Crippen molar-refractivity contribution >= 4 is 29.0 Å². The smallest absolute Gasteiger partial charge is 0.410 e. The molecular weight excluding hydrogens is 622 g/mol. The largest absolute Gasteiger partial charge is 0.493 e. The molecule has 1 amide bonds. The van der Waals surface area contributed by atoms with E-state index in [-0.39, 0.29) is 37.5 Å². The van der Waals surface area contributed by atoms with E-state index in [9.17, 15) is 9.90 Å². The zero-order chi connectivity index (χ0) is 34.0. The van der Waals surface area contributed by atoms with Gasteiger partial charge in [-0.2, -0.15) is 0 Å². The molecule has 1 aliphatic heterocycles. The summed E-state index contributed by atoms with van der Waals surface area (Å²) in [6.07, 6.45) is 3.41. The van der Waals surface area contributed by atoms with Crippen molar-refractivity contribution in [1.82, 2.24) is 24.4 Å². The Balaban J connectivity index is 1.15. The van der Waals surface area contributed by atoms with Gasteiger partial charge in [-0.15, -0.1) is 0 Å². The highest BCUT2D eigenvalue weighted by atomic mass is 16.6. The summed E-state index contributed by atoms with van der Waals surface area (Å²) < 4.78 is 20.0. The Kier molecular flexibility index (Phi) is 11.2. The number of hydrogen-bond acceptors (Lipinski definition) is 10. The summed E-state index contributed by atoms with van der Waals surface area (Å²) in [4.78, 5) is 27.9. The number of nitrogens with zero attached hydrogens (tertiary/aromatic N) is 5. The molecule has 1 saturated heterocycles. The van der Waals surface area contributed by atoms with E-state index in [1.807, 2.05) is 66.1 Å². The van der Waals surface area contributed by atoms with Crippen LogP contribution in [0.3, 0.4) is 0 Å². The van der Waals surface area contributed by atoms with E-state index in [1.54, 1.807) is 4.90 Å². The van der Waals surface area contributed by atoms with Gasteiger partial charge in [0.15, 0.2) is 17.0 Å². The number of aliphatic hydroxyl groups excluding tert-OH is 1. The molecule has 0 radical (unpaired) electrons. The molecule has 0 aliphatic carbocycles. The minimum absolute atomic E-state index is 0.0471. The normalized spacial score (nSPS) is 15.7. The van der Waals surface area contributed by atoms with Crippen molar-refractivity contribution in [2.75, 3.05) is 37.4 Å².